The van der Waals surface area contributed by atoms with Crippen molar-refractivity contribution in [3.8, 4) is 28.3 Å². The van der Waals surface area contributed by atoms with Crippen LogP contribution in [0.3, 0.4) is 0 Å². The van der Waals surface area contributed by atoms with E-state index in [0.29, 0.717) is 23.0 Å². The topological polar surface area (TPSA) is 144 Å². The van der Waals surface area contributed by atoms with Crippen molar-refractivity contribution in [2.45, 2.75) is 96.9 Å². The summed E-state index contributed by atoms with van der Waals surface area (Å²) in [6.45, 7) is 9.26. The Hall–Kier alpha value is -4.57. The fourth-order valence-electron chi connectivity index (χ4n) is 5.18. The number of primary amides is 1. The number of carbonyl (C=O) groups is 3. The minimum atomic E-state index is -0.823. The van der Waals surface area contributed by atoms with Gasteiger partial charge in [0.15, 0.2) is 5.82 Å². The summed E-state index contributed by atoms with van der Waals surface area (Å²) in [5.41, 5.74) is 9.26. The molecule has 0 bridgehead atoms. The average molecular weight is 699 g/mol. The van der Waals surface area contributed by atoms with Gasteiger partial charge in [-0.2, -0.15) is 0 Å². The molecule has 0 spiro atoms. The van der Waals surface area contributed by atoms with Crippen LogP contribution in [0.4, 0.5) is 0 Å². The predicted octanol–water partition coefficient (Wildman–Crippen LogP) is 8.22. The lowest BCUT2D eigenvalue weighted by atomic mass is 9.95. The van der Waals surface area contributed by atoms with E-state index < -0.39 is 17.9 Å². The molecule has 1 atom stereocenters. The maximum Gasteiger partial charge on any atom is 0.303 e. The number of amides is 2. The SMILES string of the molecule is CCCCCCCOc1ccc(-c2cnc(-c3ccc(CC(NC(=O)c4ccc(C(C)(C)C)s4)C(N)=O)cc3)nc2)cc1.O=C(O)CC1CC1. The minimum Gasteiger partial charge on any atom is -0.494 e. The molecule has 0 aliphatic heterocycles. The number of thiophene rings is 1. The molecule has 1 fully saturated rings. The van der Waals surface area contributed by atoms with E-state index >= 15 is 0 Å². The Kier molecular flexibility index (Phi) is 14.1. The number of unbranched alkanes of at least 4 members (excludes halogenated alkanes) is 4. The molecule has 5 rings (SSSR count). The molecule has 2 heterocycles. The Labute approximate surface area is 299 Å². The number of aliphatic carboxylic acids is 1. The third-order valence-electron chi connectivity index (χ3n) is 8.39. The van der Waals surface area contributed by atoms with Gasteiger partial charge in [-0.05, 0) is 66.0 Å². The lowest BCUT2D eigenvalue weighted by molar-refractivity contribution is -0.137. The molecule has 2 amide bonds. The molecule has 0 saturated heterocycles. The van der Waals surface area contributed by atoms with Gasteiger partial charge in [0.05, 0.1) is 11.5 Å². The average Bonchev–Trinajstić information content (AvgIpc) is 3.74. The summed E-state index contributed by atoms with van der Waals surface area (Å²) in [5.74, 6) is 0.474. The van der Waals surface area contributed by atoms with Gasteiger partial charge in [-0.15, -0.1) is 11.3 Å². The molecular formula is C40H50N4O5S. The molecule has 1 aliphatic rings. The summed E-state index contributed by atoms with van der Waals surface area (Å²) in [6.07, 6.45) is 12.7. The largest absolute Gasteiger partial charge is 0.494 e. The highest BCUT2D eigenvalue weighted by molar-refractivity contribution is 7.14. The number of hydrogen-bond donors (Lipinski definition) is 3. The normalized spacial score (nSPS) is 13.1. The molecule has 1 unspecified atom stereocenters. The number of carboxylic acids is 1. The van der Waals surface area contributed by atoms with Crippen molar-refractivity contribution in [3.63, 3.8) is 0 Å². The van der Waals surface area contributed by atoms with Crippen LogP contribution in [-0.4, -0.2) is 45.5 Å². The molecule has 266 valence electrons. The third-order valence-corrected chi connectivity index (χ3v) is 9.90. The number of ether oxygens (including phenoxy) is 1. The zero-order valence-electron chi connectivity index (χ0n) is 29.6. The Bertz CT molecular complexity index is 1670. The van der Waals surface area contributed by atoms with Crippen LogP contribution in [0.15, 0.2) is 73.1 Å². The number of aromatic nitrogens is 2. The van der Waals surface area contributed by atoms with Gasteiger partial charge in [-0.25, -0.2) is 9.97 Å². The lowest BCUT2D eigenvalue weighted by Crippen LogP contribution is -2.45. The summed E-state index contributed by atoms with van der Waals surface area (Å²) < 4.78 is 5.87. The first-order chi connectivity index (χ1) is 23.9. The summed E-state index contributed by atoms with van der Waals surface area (Å²) in [6, 6.07) is 18.6. The van der Waals surface area contributed by atoms with Gasteiger partial charge in [-0.1, -0.05) is 89.8 Å². The van der Waals surface area contributed by atoms with E-state index in [4.69, 9.17) is 15.6 Å². The van der Waals surface area contributed by atoms with E-state index in [2.05, 4.69) is 43.0 Å². The number of rotatable bonds is 16. The highest BCUT2D eigenvalue weighted by Crippen LogP contribution is 2.32. The Morgan fingerprint density at radius 3 is 2.08 bits per heavy atom. The molecule has 4 aromatic rings. The molecule has 50 heavy (non-hydrogen) atoms. The van der Waals surface area contributed by atoms with E-state index in [-0.39, 0.29) is 17.7 Å². The minimum absolute atomic E-state index is 0.0498. The predicted molar refractivity (Wildman–Crippen MR) is 199 cm³/mol. The molecule has 0 radical (unpaired) electrons. The number of benzene rings is 2. The second kappa shape index (κ2) is 18.4. The summed E-state index contributed by atoms with van der Waals surface area (Å²) in [4.78, 5) is 45.6. The summed E-state index contributed by atoms with van der Waals surface area (Å²) in [7, 11) is 0. The molecular weight excluding hydrogens is 649 g/mol. The Morgan fingerprint density at radius 1 is 0.900 bits per heavy atom. The van der Waals surface area contributed by atoms with Crippen molar-refractivity contribution >= 4 is 29.1 Å². The highest BCUT2D eigenvalue weighted by Gasteiger charge is 2.24. The highest BCUT2D eigenvalue weighted by atomic mass is 32.1. The van der Waals surface area contributed by atoms with Crippen molar-refractivity contribution in [2.75, 3.05) is 6.61 Å². The van der Waals surface area contributed by atoms with Gasteiger partial charge >= 0.3 is 5.97 Å². The molecule has 2 aromatic heterocycles. The van der Waals surface area contributed by atoms with Crippen LogP contribution in [0, 0.1) is 5.92 Å². The summed E-state index contributed by atoms with van der Waals surface area (Å²) >= 11 is 1.43. The van der Waals surface area contributed by atoms with E-state index in [1.54, 1.807) is 6.07 Å². The van der Waals surface area contributed by atoms with Crippen molar-refractivity contribution in [1.82, 2.24) is 15.3 Å². The van der Waals surface area contributed by atoms with E-state index in [1.807, 2.05) is 67.0 Å². The Morgan fingerprint density at radius 2 is 1.54 bits per heavy atom. The van der Waals surface area contributed by atoms with Crippen LogP contribution in [0.1, 0.15) is 99.2 Å². The van der Waals surface area contributed by atoms with Gasteiger partial charge in [0, 0.05) is 41.2 Å². The number of nitrogens with zero attached hydrogens (tertiary/aromatic N) is 2. The smallest absolute Gasteiger partial charge is 0.303 e. The number of nitrogens with two attached hydrogens (primary N) is 1. The second-order valence-corrected chi connectivity index (χ2v) is 15.0. The quantitative estimate of drug-likeness (QED) is 0.100. The van der Waals surface area contributed by atoms with Crippen molar-refractivity contribution in [3.05, 3.63) is 88.4 Å². The zero-order valence-corrected chi connectivity index (χ0v) is 30.4. The lowest BCUT2D eigenvalue weighted by Gasteiger charge is -2.16. The third kappa shape index (κ3) is 12.4. The molecule has 1 aliphatic carbocycles. The molecule has 2 aromatic carbocycles. The number of carbonyl (C=O) groups excluding carboxylic acids is 2. The number of carboxylic acid groups (broad SMARTS) is 1. The van der Waals surface area contributed by atoms with E-state index in [0.717, 1.165) is 58.7 Å². The van der Waals surface area contributed by atoms with E-state index in [1.165, 1.54) is 37.0 Å². The fourth-order valence-corrected chi connectivity index (χ4v) is 6.14. The molecule has 9 nitrogen and oxygen atoms in total. The van der Waals surface area contributed by atoms with Crippen LogP contribution in [-0.2, 0) is 21.4 Å². The first-order valence-electron chi connectivity index (χ1n) is 17.5. The van der Waals surface area contributed by atoms with Gasteiger partial charge < -0.3 is 20.9 Å². The van der Waals surface area contributed by atoms with Crippen molar-refractivity contribution < 1.29 is 24.2 Å². The first kappa shape index (κ1) is 38.2. The maximum absolute atomic E-state index is 12.8. The van der Waals surface area contributed by atoms with E-state index in [9.17, 15) is 14.4 Å². The maximum atomic E-state index is 12.8. The van der Waals surface area contributed by atoms with Crippen LogP contribution in [0.5, 0.6) is 5.75 Å². The monoisotopic (exact) mass is 698 g/mol. The first-order valence-corrected chi connectivity index (χ1v) is 18.3. The van der Waals surface area contributed by atoms with Crippen LogP contribution >= 0.6 is 11.3 Å². The molecule has 1 saturated carbocycles. The second-order valence-electron chi connectivity index (χ2n) is 13.9. The van der Waals surface area contributed by atoms with Crippen LogP contribution in [0.2, 0.25) is 0 Å². The Balaban J connectivity index is 0.000000714. The molecule has 4 N–H and O–H groups in total. The van der Waals surface area contributed by atoms with Gasteiger partial charge in [0.1, 0.15) is 11.8 Å². The van der Waals surface area contributed by atoms with Crippen molar-refractivity contribution in [2.24, 2.45) is 11.7 Å². The standard InChI is InChI=1S/C35H42N4O3S.C5H8O2/c1-5-6-7-8-9-20-42-28-16-14-25(15-17-28)27-22-37-33(38-23-27)26-12-10-24(11-13-26)21-29(32(36)40)39-34(41)30-18-19-31(43-30)35(2,3)4;6-5(7)3-4-1-2-4/h10-19,22-23,29H,5-9,20-21H2,1-4H3,(H2,36,40)(H,39,41);4H,1-3H2,(H,6,7). The zero-order chi connectivity index (χ0) is 36.1. The van der Waals surface area contributed by atoms with Gasteiger partial charge in [0.25, 0.3) is 5.91 Å². The fraction of sp³-hybridized carbons (Fsp3) is 0.425. The molecule has 10 heteroatoms. The summed E-state index contributed by atoms with van der Waals surface area (Å²) in [5, 5.41) is 10.9. The number of hydrogen-bond acceptors (Lipinski definition) is 7. The number of nitrogens with one attached hydrogen (secondary N) is 1. The van der Waals surface area contributed by atoms with Gasteiger partial charge in [0.2, 0.25) is 5.91 Å². The van der Waals surface area contributed by atoms with Crippen LogP contribution < -0.4 is 15.8 Å². The van der Waals surface area contributed by atoms with Gasteiger partial charge in [-0.3, -0.25) is 14.4 Å². The van der Waals surface area contributed by atoms with Crippen molar-refractivity contribution in [1.29, 1.82) is 0 Å². The van der Waals surface area contributed by atoms with Crippen LogP contribution in [0.25, 0.3) is 22.5 Å².